The van der Waals surface area contributed by atoms with Crippen LogP contribution in [0.4, 0.5) is 4.39 Å². The van der Waals surface area contributed by atoms with Crippen LogP contribution in [0.2, 0.25) is 0 Å². The van der Waals surface area contributed by atoms with Gasteiger partial charge in [0.05, 0.1) is 31.2 Å². The molecule has 35 heavy (non-hydrogen) atoms. The Kier molecular flexibility index (Phi) is 6.55. The van der Waals surface area contributed by atoms with Gasteiger partial charge >= 0.3 is 0 Å². The third-order valence-corrected chi connectivity index (χ3v) is 6.72. The molecule has 180 valence electrons. The Morgan fingerprint density at radius 2 is 1.86 bits per heavy atom. The zero-order valence-corrected chi connectivity index (χ0v) is 19.8. The number of fused-ring (bicyclic) bond motifs is 1. The van der Waals surface area contributed by atoms with Crippen molar-refractivity contribution >= 4 is 28.2 Å². The molecule has 1 fully saturated rings. The SMILES string of the molecule is CC(NC(=O)C1C(N2CCOCC2)=NN=C(c2cncc(F)c2)C1C)c1ccc2ccccc2c1. The lowest BCUT2D eigenvalue weighted by molar-refractivity contribution is -0.124. The molecular formula is C27H28FN5O2. The van der Waals surface area contributed by atoms with Gasteiger partial charge in [-0.3, -0.25) is 9.78 Å². The molecule has 1 amide bonds. The number of nitrogens with zero attached hydrogens (tertiary/aromatic N) is 4. The number of benzene rings is 2. The van der Waals surface area contributed by atoms with Gasteiger partial charge in [0.1, 0.15) is 17.6 Å². The van der Waals surface area contributed by atoms with Gasteiger partial charge in [0, 0.05) is 30.8 Å². The first-order chi connectivity index (χ1) is 17.0. The smallest absolute Gasteiger partial charge is 0.231 e. The van der Waals surface area contributed by atoms with Crippen LogP contribution in [-0.2, 0) is 9.53 Å². The Balaban J connectivity index is 1.43. The number of ether oxygens (including phenoxy) is 1. The molecule has 7 nitrogen and oxygen atoms in total. The number of hydrogen-bond acceptors (Lipinski definition) is 6. The van der Waals surface area contributed by atoms with Crippen molar-refractivity contribution in [2.45, 2.75) is 19.9 Å². The number of hydrogen-bond donors (Lipinski definition) is 1. The molecule has 0 bridgehead atoms. The van der Waals surface area contributed by atoms with E-state index in [4.69, 9.17) is 4.74 Å². The second kappa shape index (κ2) is 9.92. The number of carbonyl (C=O) groups is 1. The molecule has 3 atom stereocenters. The molecule has 2 aliphatic rings. The lowest BCUT2D eigenvalue weighted by atomic mass is 9.83. The van der Waals surface area contributed by atoms with Crippen molar-refractivity contribution in [3.63, 3.8) is 0 Å². The van der Waals surface area contributed by atoms with Crippen molar-refractivity contribution < 1.29 is 13.9 Å². The van der Waals surface area contributed by atoms with Crippen molar-refractivity contribution in [3.8, 4) is 0 Å². The molecule has 0 aliphatic carbocycles. The van der Waals surface area contributed by atoms with Gasteiger partial charge in [0.25, 0.3) is 0 Å². The minimum Gasteiger partial charge on any atom is -0.378 e. The predicted molar refractivity (Wildman–Crippen MR) is 134 cm³/mol. The largest absolute Gasteiger partial charge is 0.378 e. The minimum atomic E-state index is -0.577. The summed E-state index contributed by atoms with van der Waals surface area (Å²) in [6, 6.07) is 15.5. The molecule has 1 aromatic heterocycles. The van der Waals surface area contributed by atoms with E-state index in [1.165, 1.54) is 6.07 Å². The summed E-state index contributed by atoms with van der Waals surface area (Å²) in [7, 11) is 0. The predicted octanol–water partition coefficient (Wildman–Crippen LogP) is 3.95. The Morgan fingerprint density at radius 3 is 2.63 bits per heavy atom. The normalized spacial score (nSPS) is 21.3. The fraction of sp³-hybridized carbons (Fsp3) is 0.333. The van der Waals surface area contributed by atoms with Crippen molar-refractivity contribution in [1.29, 1.82) is 0 Å². The number of carbonyl (C=O) groups excluding carboxylic acids is 1. The molecule has 0 saturated carbocycles. The van der Waals surface area contributed by atoms with Crippen molar-refractivity contribution in [3.05, 3.63) is 77.9 Å². The number of amidine groups is 1. The number of pyridine rings is 1. The fourth-order valence-corrected chi connectivity index (χ4v) is 4.77. The summed E-state index contributed by atoms with van der Waals surface area (Å²) in [5.41, 5.74) is 2.10. The Labute approximate surface area is 203 Å². The van der Waals surface area contributed by atoms with Crippen molar-refractivity contribution in [2.24, 2.45) is 22.0 Å². The number of nitrogens with one attached hydrogen (secondary N) is 1. The van der Waals surface area contributed by atoms with E-state index >= 15 is 0 Å². The fourth-order valence-electron chi connectivity index (χ4n) is 4.77. The summed E-state index contributed by atoms with van der Waals surface area (Å²) in [6.45, 7) is 6.33. The van der Waals surface area contributed by atoms with Crippen LogP contribution in [0.5, 0.6) is 0 Å². The monoisotopic (exact) mass is 473 g/mol. The third kappa shape index (κ3) is 4.79. The van der Waals surface area contributed by atoms with E-state index in [0.29, 0.717) is 43.4 Å². The molecule has 2 aliphatic heterocycles. The zero-order valence-electron chi connectivity index (χ0n) is 19.8. The summed E-state index contributed by atoms with van der Waals surface area (Å²) >= 11 is 0. The topological polar surface area (TPSA) is 79.2 Å². The summed E-state index contributed by atoms with van der Waals surface area (Å²) < 4.78 is 19.4. The molecular weight excluding hydrogens is 445 g/mol. The van der Waals surface area contributed by atoms with E-state index in [1.807, 2.05) is 32.0 Å². The lowest BCUT2D eigenvalue weighted by Crippen LogP contribution is -2.52. The highest BCUT2D eigenvalue weighted by Crippen LogP contribution is 2.28. The maximum Gasteiger partial charge on any atom is 0.231 e. The second-order valence-corrected chi connectivity index (χ2v) is 9.04. The first-order valence-electron chi connectivity index (χ1n) is 11.9. The Morgan fingerprint density at radius 1 is 1.09 bits per heavy atom. The quantitative estimate of drug-likeness (QED) is 0.622. The van der Waals surface area contributed by atoms with E-state index in [2.05, 4.69) is 49.7 Å². The summed E-state index contributed by atoms with van der Waals surface area (Å²) in [5.74, 6) is -0.868. The molecule has 3 unspecified atom stereocenters. The summed E-state index contributed by atoms with van der Waals surface area (Å²) in [6.07, 6.45) is 2.70. The van der Waals surface area contributed by atoms with Gasteiger partial charge in [-0.1, -0.05) is 43.3 Å². The minimum absolute atomic E-state index is 0.139. The van der Waals surface area contributed by atoms with Gasteiger partial charge in [-0.25, -0.2) is 4.39 Å². The van der Waals surface area contributed by atoms with Gasteiger partial charge < -0.3 is 15.0 Å². The molecule has 3 heterocycles. The highest BCUT2D eigenvalue weighted by atomic mass is 19.1. The average molecular weight is 474 g/mol. The second-order valence-electron chi connectivity index (χ2n) is 9.04. The average Bonchev–Trinajstić information content (AvgIpc) is 2.88. The number of morpholine rings is 1. The maximum atomic E-state index is 13.9. The van der Waals surface area contributed by atoms with Crippen LogP contribution in [0.25, 0.3) is 10.8 Å². The lowest BCUT2D eigenvalue weighted by Gasteiger charge is -2.37. The van der Waals surface area contributed by atoms with Gasteiger partial charge in [0.15, 0.2) is 0 Å². The van der Waals surface area contributed by atoms with Gasteiger partial charge in [-0.2, -0.15) is 5.10 Å². The van der Waals surface area contributed by atoms with E-state index < -0.39 is 11.7 Å². The first kappa shape index (κ1) is 23.1. The van der Waals surface area contributed by atoms with Crippen molar-refractivity contribution in [2.75, 3.05) is 26.3 Å². The van der Waals surface area contributed by atoms with Gasteiger partial charge in [-0.15, -0.1) is 5.10 Å². The maximum absolute atomic E-state index is 13.9. The van der Waals surface area contributed by atoms with Crippen LogP contribution < -0.4 is 5.32 Å². The highest BCUT2D eigenvalue weighted by molar-refractivity contribution is 6.13. The van der Waals surface area contributed by atoms with Gasteiger partial charge in [0.2, 0.25) is 5.91 Å². The van der Waals surface area contributed by atoms with Crippen LogP contribution in [-0.4, -0.2) is 53.6 Å². The summed E-state index contributed by atoms with van der Waals surface area (Å²) in [5, 5.41) is 14.4. The molecule has 0 radical (unpaired) electrons. The van der Waals surface area contributed by atoms with Gasteiger partial charge in [-0.05, 0) is 35.4 Å². The van der Waals surface area contributed by atoms with Crippen LogP contribution in [0, 0.1) is 17.7 Å². The van der Waals surface area contributed by atoms with E-state index in [0.717, 1.165) is 22.5 Å². The Bertz CT molecular complexity index is 1300. The molecule has 1 N–H and O–H groups in total. The molecule has 8 heteroatoms. The van der Waals surface area contributed by atoms with Crippen LogP contribution in [0.15, 0.2) is 71.1 Å². The summed E-state index contributed by atoms with van der Waals surface area (Å²) in [4.78, 5) is 19.8. The van der Waals surface area contributed by atoms with Crippen LogP contribution in [0.3, 0.4) is 0 Å². The third-order valence-electron chi connectivity index (χ3n) is 6.72. The van der Waals surface area contributed by atoms with Crippen LogP contribution >= 0.6 is 0 Å². The van der Waals surface area contributed by atoms with E-state index in [9.17, 15) is 9.18 Å². The zero-order chi connectivity index (χ0) is 24.4. The molecule has 5 rings (SSSR count). The molecule has 0 spiro atoms. The molecule has 2 aromatic carbocycles. The number of aromatic nitrogens is 1. The Hall–Kier alpha value is -3.65. The standard InChI is InChI=1S/C27H28FN5O2/c1-17-24(27(34)30-18(2)20-8-7-19-5-3-4-6-21(19)13-20)26(33-9-11-35-12-10-33)32-31-25(17)22-14-23(28)16-29-15-22/h3-8,13-18,24H,9-12H2,1-2H3,(H,30,34). The van der Waals surface area contributed by atoms with E-state index in [-0.39, 0.29) is 17.9 Å². The first-order valence-corrected chi connectivity index (χ1v) is 11.9. The van der Waals surface area contributed by atoms with E-state index in [1.54, 1.807) is 6.20 Å². The van der Waals surface area contributed by atoms with Crippen LogP contribution in [0.1, 0.15) is 31.0 Å². The number of amides is 1. The highest BCUT2D eigenvalue weighted by Gasteiger charge is 2.40. The number of halogens is 1. The van der Waals surface area contributed by atoms with Crippen molar-refractivity contribution in [1.82, 2.24) is 15.2 Å². The molecule has 1 saturated heterocycles. The number of rotatable bonds is 4. The molecule has 3 aromatic rings.